The molecule has 0 aromatic heterocycles. The zero-order valence-electron chi connectivity index (χ0n) is 9.87. The number of methoxy groups -OCH3 is 1. The number of rotatable bonds is 5. The summed E-state index contributed by atoms with van der Waals surface area (Å²) in [5, 5.41) is 12.6. The highest BCUT2D eigenvalue weighted by Crippen LogP contribution is 2.06. The van der Waals surface area contributed by atoms with E-state index in [1.54, 1.807) is 12.1 Å². The van der Waals surface area contributed by atoms with Crippen LogP contribution in [0.2, 0.25) is 0 Å². The largest absolute Gasteiger partial charge is 0.467 e. The third-order valence-electron chi connectivity index (χ3n) is 2.34. The summed E-state index contributed by atoms with van der Waals surface area (Å²) in [7, 11) is 1.22. The first-order chi connectivity index (χ1) is 7.95. The molecule has 0 aliphatic carbocycles. The normalized spacial score (nSPS) is 14.1. The van der Waals surface area contributed by atoms with Crippen LogP contribution in [-0.4, -0.2) is 30.3 Å². The van der Waals surface area contributed by atoms with Crippen LogP contribution in [0.15, 0.2) is 24.3 Å². The van der Waals surface area contributed by atoms with Crippen molar-refractivity contribution in [3.05, 3.63) is 35.6 Å². The van der Waals surface area contributed by atoms with Gasteiger partial charge in [0.1, 0.15) is 5.82 Å². The fourth-order valence-corrected chi connectivity index (χ4v) is 1.34. The molecule has 1 aromatic carbocycles. The molecule has 0 aliphatic rings. The molecular weight excluding hydrogens is 225 g/mol. The Morgan fingerprint density at radius 1 is 1.47 bits per heavy atom. The minimum absolute atomic E-state index is 0.0665. The maximum atomic E-state index is 12.6. The number of carbonyl (C=O) groups is 1. The lowest BCUT2D eigenvalue weighted by Crippen LogP contribution is -2.45. The Balaban J connectivity index is 2.42. The number of hydrogen-bond acceptors (Lipinski definition) is 4. The fraction of sp³-hybridized carbons (Fsp3) is 0.417. The van der Waals surface area contributed by atoms with Gasteiger partial charge in [-0.15, -0.1) is 0 Å². The maximum absolute atomic E-state index is 12.6. The van der Waals surface area contributed by atoms with Gasteiger partial charge in [-0.1, -0.05) is 12.1 Å². The monoisotopic (exact) mass is 241 g/mol. The van der Waals surface area contributed by atoms with Crippen molar-refractivity contribution >= 4 is 5.97 Å². The van der Waals surface area contributed by atoms with Crippen molar-refractivity contribution in [3.8, 4) is 0 Å². The minimum Gasteiger partial charge on any atom is -0.467 e. The van der Waals surface area contributed by atoms with E-state index in [1.807, 2.05) is 0 Å². The summed E-state index contributed by atoms with van der Waals surface area (Å²) in [5.41, 5.74) is -0.693. The molecule has 0 heterocycles. The van der Waals surface area contributed by atoms with Crippen LogP contribution >= 0.6 is 0 Å². The highest BCUT2D eigenvalue weighted by atomic mass is 19.1. The average molecular weight is 241 g/mol. The van der Waals surface area contributed by atoms with Crippen LogP contribution in [0.5, 0.6) is 0 Å². The quantitative estimate of drug-likeness (QED) is 0.750. The summed E-state index contributed by atoms with van der Waals surface area (Å²) in [5.74, 6) is -0.987. The van der Waals surface area contributed by atoms with Crippen molar-refractivity contribution in [2.75, 3.05) is 13.7 Å². The second kappa shape index (κ2) is 5.75. The lowest BCUT2D eigenvalue weighted by molar-refractivity contribution is -0.159. The molecule has 2 N–H and O–H groups in total. The summed E-state index contributed by atoms with van der Waals surface area (Å²) >= 11 is 0. The van der Waals surface area contributed by atoms with Crippen LogP contribution in [0.25, 0.3) is 0 Å². The molecule has 0 spiro atoms. The van der Waals surface area contributed by atoms with Gasteiger partial charge in [0.2, 0.25) is 0 Å². The molecule has 94 valence electrons. The van der Waals surface area contributed by atoms with E-state index in [-0.39, 0.29) is 12.4 Å². The number of esters is 1. The molecule has 1 unspecified atom stereocenters. The van der Waals surface area contributed by atoms with Crippen LogP contribution in [0, 0.1) is 5.82 Å². The first-order valence-electron chi connectivity index (χ1n) is 5.21. The summed E-state index contributed by atoms with van der Waals surface area (Å²) in [6.45, 7) is 1.88. The summed E-state index contributed by atoms with van der Waals surface area (Å²) in [4.78, 5) is 11.2. The number of halogens is 1. The minimum atomic E-state index is -1.56. The van der Waals surface area contributed by atoms with Gasteiger partial charge in [-0.3, -0.25) is 0 Å². The summed E-state index contributed by atoms with van der Waals surface area (Å²) in [6, 6.07) is 5.98. The Bertz CT molecular complexity index is 376. The van der Waals surface area contributed by atoms with Crippen molar-refractivity contribution in [2.24, 2.45) is 0 Å². The zero-order chi connectivity index (χ0) is 12.9. The van der Waals surface area contributed by atoms with Crippen LogP contribution in [0.3, 0.4) is 0 Å². The molecule has 0 aliphatic heterocycles. The van der Waals surface area contributed by atoms with Gasteiger partial charge in [-0.2, -0.15) is 0 Å². The summed E-state index contributed by atoms with van der Waals surface area (Å²) in [6.07, 6.45) is 0. The Morgan fingerprint density at radius 3 is 2.59 bits per heavy atom. The van der Waals surface area contributed by atoms with Crippen molar-refractivity contribution in [2.45, 2.75) is 19.1 Å². The zero-order valence-corrected chi connectivity index (χ0v) is 9.87. The van der Waals surface area contributed by atoms with Gasteiger partial charge in [0.25, 0.3) is 0 Å². The molecule has 0 bridgehead atoms. The molecule has 0 saturated carbocycles. The van der Waals surface area contributed by atoms with Gasteiger partial charge in [0.15, 0.2) is 5.60 Å². The van der Waals surface area contributed by atoms with E-state index in [0.717, 1.165) is 5.56 Å². The number of ether oxygens (including phenoxy) is 1. The lowest BCUT2D eigenvalue weighted by Gasteiger charge is -2.20. The van der Waals surface area contributed by atoms with E-state index in [9.17, 15) is 14.3 Å². The molecular formula is C12H16FNO3. The van der Waals surface area contributed by atoms with E-state index < -0.39 is 11.6 Å². The lowest BCUT2D eigenvalue weighted by atomic mass is 10.1. The third-order valence-corrected chi connectivity index (χ3v) is 2.34. The van der Waals surface area contributed by atoms with E-state index in [0.29, 0.717) is 6.54 Å². The summed E-state index contributed by atoms with van der Waals surface area (Å²) < 4.78 is 17.1. The highest BCUT2D eigenvalue weighted by Gasteiger charge is 2.30. The molecule has 0 radical (unpaired) electrons. The van der Waals surface area contributed by atoms with Gasteiger partial charge in [-0.05, 0) is 24.6 Å². The van der Waals surface area contributed by atoms with Crippen molar-refractivity contribution in [1.29, 1.82) is 0 Å². The predicted octanol–water partition coefficient (Wildman–Crippen LogP) is 0.839. The smallest absolute Gasteiger partial charge is 0.338 e. The van der Waals surface area contributed by atoms with Gasteiger partial charge in [-0.25, -0.2) is 9.18 Å². The predicted molar refractivity (Wildman–Crippen MR) is 60.7 cm³/mol. The van der Waals surface area contributed by atoms with Gasteiger partial charge >= 0.3 is 5.97 Å². The number of carbonyl (C=O) groups excluding carboxylic acids is 1. The van der Waals surface area contributed by atoms with Crippen molar-refractivity contribution in [3.63, 3.8) is 0 Å². The standard InChI is InChI=1S/C12H16FNO3/c1-12(16,11(15)17-2)8-14-7-9-3-5-10(13)6-4-9/h3-6,14,16H,7-8H2,1-2H3. The van der Waals surface area contributed by atoms with Crippen molar-refractivity contribution in [1.82, 2.24) is 5.32 Å². The molecule has 4 nitrogen and oxygen atoms in total. The Kier molecular flexibility index (Phi) is 4.60. The first-order valence-corrected chi connectivity index (χ1v) is 5.21. The molecule has 5 heteroatoms. The first kappa shape index (κ1) is 13.6. The number of hydrogen-bond donors (Lipinski definition) is 2. The Hall–Kier alpha value is -1.46. The molecule has 0 saturated heterocycles. The number of benzene rings is 1. The maximum Gasteiger partial charge on any atom is 0.338 e. The molecule has 0 fully saturated rings. The number of aliphatic hydroxyl groups is 1. The van der Waals surface area contributed by atoms with E-state index >= 15 is 0 Å². The topological polar surface area (TPSA) is 58.6 Å². The second-order valence-corrected chi connectivity index (χ2v) is 4.00. The van der Waals surface area contributed by atoms with Crippen LogP contribution in [0.4, 0.5) is 4.39 Å². The molecule has 0 amide bonds. The Morgan fingerprint density at radius 2 is 2.06 bits per heavy atom. The Labute approximate surface area is 99.4 Å². The van der Waals surface area contributed by atoms with E-state index in [2.05, 4.69) is 10.1 Å². The van der Waals surface area contributed by atoms with Gasteiger partial charge < -0.3 is 15.2 Å². The second-order valence-electron chi connectivity index (χ2n) is 4.00. The highest BCUT2D eigenvalue weighted by molar-refractivity contribution is 5.78. The van der Waals surface area contributed by atoms with Gasteiger partial charge in [0, 0.05) is 13.1 Å². The average Bonchev–Trinajstić information content (AvgIpc) is 2.30. The molecule has 1 atom stereocenters. The van der Waals surface area contributed by atoms with Crippen molar-refractivity contribution < 1.29 is 19.0 Å². The van der Waals surface area contributed by atoms with Crippen LogP contribution < -0.4 is 5.32 Å². The SMILES string of the molecule is COC(=O)C(C)(O)CNCc1ccc(F)cc1. The molecule has 1 rings (SSSR count). The molecule has 1 aromatic rings. The van der Waals surface area contributed by atoms with Crippen LogP contribution in [0.1, 0.15) is 12.5 Å². The van der Waals surface area contributed by atoms with Crippen LogP contribution in [-0.2, 0) is 16.1 Å². The van der Waals surface area contributed by atoms with Gasteiger partial charge in [0.05, 0.1) is 7.11 Å². The number of nitrogens with one attached hydrogen (secondary N) is 1. The fourth-order valence-electron chi connectivity index (χ4n) is 1.34. The van der Waals surface area contributed by atoms with E-state index in [1.165, 1.54) is 26.2 Å². The van der Waals surface area contributed by atoms with E-state index in [4.69, 9.17) is 0 Å². The third kappa shape index (κ3) is 4.13. The molecule has 17 heavy (non-hydrogen) atoms.